The first-order valence-electron chi connectivity index (χ1n) is 10.9. The second kappa shape index (κ2) is 8.34. The summed E-state index contributed by atoms with van der Waals surface area (Å²) >= 11 is 0. The number of aryl methyl sites for hydroxylation is 1. The van der Waals surface area contributed by atoms with E-state index in [0.717, 1.165) is 35.3 Å². The van der Waals surface area contributed by atoms with E-state index < -0.39 is 5.97 Å². The number of benzene rings is 2. The number of esters is 1. The van der Waals surface area contributed by atoms with Crippen LogP contribution in [0, 0.1) is 0 Å². The molecule has 1 amide bonds. The molecule has 0 saturated heterocycles. The molecule has 162 valence electrons. The molecule has 32 heavy (non-hydrogen) atoms. The minimum absolute atomic E-state index is 0.211. The van der Waals surface area contributed by atoms with Gasteiger partial charge in [0.15, 0.2) is 0 Å². The number of H-pyrrole nitrogens is 1. The van der Waals surface area contributed by atoms with Crippen LogP contribution in [0.4, 0.5) is 5.69 Å². The number of rotatable bonds is 5. The van der Waals surface area contributed by atoms with Gasteiger partial charge in [0.05, 0.1) is 6.61 Å². The minimum Gasteiger partial charge on any atom is -0.461 e. The molecule has 0 fully saturated rings. The maximum Gasteiger partial charge on any atom is 0.354 e. The molecule has 4 aromatic rings. The summed E-state index contributed by atoms with van der Waals surface area (Å²) < 4.78 is 7.31. The Bertz CT molecular complexity index is 1300. The lowest BCUT2D eigenvalue weighted by atomic mass is 10.1. The van der Waals surface area contributed by atoms with E-state index in [1.165, 1.54) is 18.5 Å². The fraction of sp³-hybridized carbons (Fsp3) is 0.240. The van der Waals surface area contributed by atoms with Crippen LogP contribution in [0.25, 0.3) is 22.3 Å². The largest absolute Gasteiger partial charge is 0.461 e. The first-order valence-corrected chi connectivity index (χ1v) is 10.9. The summed E-state index contributed by atoms with van der Waals surface area (Å²) in [6.45, 7) is 3.07. The molecule has 7 heteroatoms. The average Bonchev–Trinajstić information content (AvgIpc) is 3.44. The van der Waals surface area contributed by atoms with Gasteiger partial charge < -0.3 is 19.6 Å². The second-order valence-corrected chi connectivity index (χ2v) is 7.92. The van der Waals surface area contributed by atoms with E-state index in [9.17, 15) is 9.59 Å². The number of ether oxygens (including phenoxy) is 1. The maximum absolute atomic E-state index is 12.8. The maximum atomic E-state index is 12.8. The Kier molecular flexibility index (Phi) is 5.23. The number of fused-ring (bicyclic) bond motifs is 2. The molecule has 0 aliphatic carbocycles. The predicted molar refractivity (Wildman–Crippen MR) is 123 cm³/mol. The van der Waals surface area contributed by atoms with Gasteiger partial charge in [0.25, 0.3) is 5.91 Å². The first kappa shape index (κ1) is 20.1. The number of hydrogen-bond acceptors (Lipinski definition) is 4. The number of aromatic amines is 1. The summed E-state index contributed by atoms with van der Waals surface area (Å²) in [5.41, 5.74) is 4.70. The summed E-state index contributed by atoms with van der Waals surface area (Å²) in [5, 5.41) is 3.72. The van der Waals surface area contributed by atoms with Gasteiger partial charge in [-0.15, -0.1) is 0 Å². The zero-order valence-electron chi connectivity index (χ0n) is 17.9. The summed E-state index contributed by atoms with van der Waals surface area (Å²) in [4.78, 5) is 32.3. The van der Waals surface area contributed by atoms with Crippen molar-refractivity contribution in [3.8, 4) is 11.4 Å². The third-order valence-corrected chi connectivity index (χ3v) is 5.78. The Morgan fingerprint density at radius 2 is 1.97 bits per heavy atom. The van der Waals surface area contributed by atoms with Crippen LogP contribution < -0.4 is 5.32 Å². The van der Waals surface area contributed by atoms with Crippen molar-refractivity contribution in [2.24, 2.45) is 0 Å². The third-order valence-electron chi connectivity index (χ3n) is 5.78. The smallest absolute Gasteiger partial charge is 0.354 e. The van der Waals surface area contributed by atoms with Crippen LogP contribution in [0.15, 0.2) is 54.7 Å². The number of aromatic nitrogens is 3. The minimum atomic E-state index is -0.409. The van der Waals surface area contributed by atoms with Crippen molar-refractivity contribution in [1.29, 1.82) is 0 Å². The van der Waals surface area contributed by atoms with Gasteiger partial charge in [-0.3, -0.25) is 4.79 Å². The molecular formula is C25H24N4O3. The molecule has 3 heterocycles. The van der Waals surface area contributed by atoms with Gasteiger partial charge in [-0.2, -0.15) is 0 Å². The molecular weight excluding hydrogens is 404 g/mol. The van der Waals surface area contributed by atoms with Gasteiger partial charge in [0.2, 0.25) is 0 Å². The van der Waals surface area contributed by atoms with E-state index in [2.05, 4.69) is 19.9 Å². The van der Waals surface area contributed by atoms with Crippen LogP contribution in [0.1, 0.15) is 46.3 Å². The van der Waals surface area contributed by atoms with Crippen LogP contribution in [-0.4, -0.2) is 33.0 Å². The number of nitrogens with zero attached hydrogens (tertiary/aromatic N) is 2. The number of amides is 1. The van der Waals surface area contributed by atoms with Crippen LogP contribution in [0.2, 0.25) is 0 Å². The van der Waals surface area contributed by atoms with Gasteiger partial charge in [0.1, 0.15) is 11.5 Å². The molecule has 2 aromatic carbocycles. The number of nitrogens with one attached hydrogen (secondary N) is 2. The molecule has 7 nitrogen and oxygen atoms in total. The third kappa shape index (κ3) is 3.77. The van der Waals surface area contributed by atoms with Crippen molar-refractivity contribution >= 4 is 28.5 Å². The second-order valence-electron chi connectivity index (χ2n) is 7.92. The number of carbonyl (C=O) groups is 2. The normalized spacial score (nSPS) is 13.0. The van der Waals surface area contributed by atoms with Crippen molar-refractivity contribution in [2.75, 3.05) is 11.9 Å². The van der Waals surface area contributed by atoms with Crippen LogP contribution in [0.3, 0.4) is 0 Å². The number of anilines is 1. The van der Waals surface area contributed by atoms with Crippen LogP contribution >= 0.6 is 0 Å². The quantitative estimate of drug-likeness (QED) is 0.447. The van der Waals surface area contributed by atoms with E-state index in [0.29, 0.717) is 23.6 Å². The fourth-order valence-electron chi connectivity index (χ4n) is 4.17. The number of imidazole rings is 1. The summed E-state index contributed by atoms with van der Waals surface area (Å²) in [6, 6.07) is 14.7. The molecule has 0 spiro atoms. The van der Waals surface area contributed by atoms with E-state index >= 15 is 0 Å². The Labute approximate surface area is 185 Å². The van der Waals surface area contributed by atoms with E-state index in [1.54, 1.807) is 31.2 Å². The summed E-state index contributed by atoms with van der Waals surface area (Å²) in [6.07, 6.45) is 5.44. The molecule has 2 aromatic heterocycles. The highest BCUT2D eigenvalue weighted by Gasteiger charge is 2.16. The van der Waals surface area contributed by atoms with Crippen LogP contribution in [0.5, 0.6) is 0 Å². The van der Waals surface area contributed by atoms with Gasteiger partial charge >= 0.3 is 5.97 Å². The van der Waals surface area contributed by atoms with Gasteiger partial charge in [-0.1, -0.05) is 0 Å². The Hall–Kier alpha value is -3.87. The van der Waals surface area contributed by atoms with Crippen molar-refractivity contribution < 1.29 is 14.3 Å². The van der Waals surface area contributed by atoms with Crippen LogP contribution in [-0.2, 0) is 17.7 Å². The molecule has 0 unspecified atom stereocenters. The molecule has 0 radical (unpaired) electrons. The highest BCUT2D eigenvalue weighted by atomic mass is 16.5. The van der Waals surface area contributed by atoms with E-state index in [-0.39, 0.29) is 5.91 Å². The highest BCUT2D eigenvalue weighted by molar-refractivity contribution is 6.07. The Balaban J connectivity index is 1.32. The molecule has 1 aliphatic rings. The number of carbonyl (C=O) groups excluding carboxylic acids is 2. The summed E-state index contributed by atoms with van der Waals surface area (Å²) in [7, 11) is 0. The zero-order valence-corrected chi connectivity index (χ0v) is 17.9. The molecule has 1 aliphatic heterocycles. The van der Waals surface area contributed by atoms with E-state index in [4.69, 9.17) is 4.74 Å². The lowest BCUT2D eigenvalue weighted by Crippen LogP contribution is -2.12. The van der Waals surface area contributed by atoms with Gasteiger partial charge in [-0.25, -0.2) is 9.78 Å². The number of hydrogen-bond donors (Lipinski definition) is 2. The lowest BCUT2D eigenvalue weighted by molar-refractivity contribution is 0.0520. The Morgan fingerprint density at radius 1 is 1.12 bits per heavy atom. The summed E-state index contributed by atoms with van der Waals surface area (Å²) in [5.74, 6) is 0.359. The van der Waals surface area contributed by atoms with Gasteiger partial charge in [-0.05, 0) is 74.7 Å². The molecule has 2 N–H and O–H groups in total. The highest BCUT2D eigenvalue weighted by Crippen LogP contribution is 2.26. The standard InChI is InChI=1S/C25H24N4O3/c1-2-32-25(31)22-14-18-13-17(8-11-21(18)28-22)24(30)27-19-9-6-16(7-10-19)23-26-15-20-5-3-4-12-29(20)23/h6-11,13-15,28H,2-5,12H2,1H3,(H,27,30). The zero-order chi connectivity index (χ0) is 22.1. The monoisotopic (exact) mass is 428 g/mol. The lowest BCUT2D eigenvalue weighted by Gasteiger charge is -2.16. The van der Waals surface area contributed by atoms with Crippen molar-refractivity contribution in [1.82, 2.24) is 14.5 Å². The molecule has 0 atom stereocenters. The van der Waals surface area contributed by atoms with Crippen molar-refractivity contribution in [2.45, 2.75) is 32.7 Å². The SMILES string of the molecule is CCOC(=O)c1cc2cc(C(=O)Nc3ccc(-c4ncc5n4CCCC5)cc3)ccc2[nH]1. The molecule has 0 saturated carbocycles. The van der Waals surface area contributed by atoms with E-state index in [1.807, 2.05) is 30.5 Å². The van der Waals surface area contributed by atoms with Crippen molar-refractivity contribution in [3.63, 3.8) is 0 Å². The fourth-order valence-corrected chi connectivity index (χ4v) is 4.17. The van der Waals surface area contributed by atoms with Crippen molar-refractivity contribution in [3.05, 3.63) is 71.7 Å². The molecule has 5 rings (SSSR count). The topological polar surface area (TPSA) is 89.0 Å². The molecule has 0 bridgehead atoms. The predicted octanol–water partition coefficient (Wildman–Crippen LogP) is 4.80. The average molecular weight is 428 g/mol. The Morgan fingerprint density at radius 3 is 2.78 bits per heavy atom. The first-order chi connectivity index (χ1) is 15.6. The van der Waals surface area contributed by atoms with Gasteiger partial charge in [0, 0.05) is 46.2 Å².